The highest BCUT2D eigenvalue weighted by Crippen LogP contribution is 2.32. The van der Waals surface area contributed by atoms with Crippen LogP contribution in [0.5, 0.6) is 0 Å². The molecule has 0 saturated carbocycles. The number of ether oxygens (including phenoxy) is 1. The molecule has 1 aromatic carbocycles. The maximum Gasteiger partial charge on any atom is 0.207 e. The molecule has 1 aliphatic rings. The SMILES string of the molecule is CCc1c(C)nc2cc(CNC=O)nn2c1N1CCC(C)(OC/C=C/Cc2ccccc2C)CC1. The van der Waals surface area contributed by atoms with E-state index < -0.39 is 0 Å². The van der Waals surface area contributed by atoms with Crippen LogP contribution in [0.2, 0.25) is 0 Å². The summed E-state index contributed by atoms with van der Waals surface area (Å²) < 4.78 is 8.30. The van der Waals surface area contributed by atoms with Crippen LogP contribution in [0.1, 0.15) is 54.8 Å². The van der Waals surface area contributed by atoms with Crippen molar-refractivity contribution in [3.05, 3.63) is 70.6 Å². The standard InChI is InChI=1S/C28H37N5O2/c1-5-25-22(3)30-26-18-24(19-29-20-34)31-33(26)27(25)32-15-13-28(4,14-16-32)35-17-9-8-12-23-11-7-6-10-21(23)2/h6-11,18,20H,5,12-17,19H2,1-4H3,(H,29,34)/b9-8+. The lowest BCUT2D eigenvalue weighted by molar-refractivity contribution is -0.109. The fourth-order valence-electron chi connectivity index (χ4n) is 4.86. The summed E-state index contributed by atoms with van der Waals surface area (Å²) in [6.07, 6.45) is 8.78. The number of anilines is 1. The largest absolute Gasteiger partial charge is 0.371 e. The minimum absolute atomic E-state index is 0.139. The van der Waals surface area contributed by atoms with E-state index in [0.717, 1.165) is 61.6 Å². The summed E-state index contributed by atoms with van der Waals surface area (Å²) in [5.41, 5.74) is 6.43. The molecule has 0 atom stereocenters. The first-order valence-corrected chi connectivity index (χ1v) is 12.6. The van der Waals surface area contributed by atoms with E-state index in [1.54, 1.807) is 0 Å². The number of benzene rings is 1. The van der Waals surface area contributed by atoms with E-state index >= 15 is 0 Å². The zero-order chi connectivity index (χ0) is 24.8. The Bertz CT molecular complexity index is 1190. The zero-order valence-corrected chi connectivity index (χ0v) is 21.4. The molecule has 1 N–H and O–H groups in total. The molecular formula is C28H37N5O2. The maximum atomic E-state index is 10.7. The minimum Gasteiger partial charge on any atom is -0.371 e. The first-order chi connectivity index (χ1) is 16.9. The Balaban J connectivity index is 1.41. The van der Waals surface area contributed by atoms with E-state index in [-0.39, 0.29) is 5.60 Å². The van der Waals surface area contributed by atoms with Crippen LogP contribution in [-0.4, -0.2) is 46.3 Å². The van der Waals surface area contributed by atoms with Gasteiger partial charge in [0, 0.05) is 30.4 Å². The number of carbonyl (C=O) groups excluding carboxylic acids is 1. The summed E-state index contributed by atoms with van der Waals surface area (Å²) in [6, 6.07) is 10.5. The summed E-state index contributed by atoms with van der Waals surface area (Å²) in [5, 5.41) is 7.46. The fraction of sp³-hybridized carbons (Fsp3) is 0.464. The van der Waals surface area contributed by atoms with Crippen LogP contribution in [0.4, 0.5) is 5.82 Å². The number of hydrogen-bond donors (Lipinski definition) is 1. The van der Waals surface area contributed by atoms with Crippen LogP contribution in [0.3, 0.4) is 0 Å². The average Bonchev–Trinajstić information content (AvgIpc) is 3.25. The molecule has 7 heteroatoms. The Morgan fingerprint density at radius 1 is 1.17 bits per heavy atom. The van der Waals surface area contributed by atoms with Crippen LogP contribution >= 0.6 is 0 Å². The van der Waals surface area contributed by atoms with Gasteiger partial charge in [-0.25, -0.2) is 4.98 Å². The van der Waals surface area contributed by atoms with Crippen molar-refractivity contribution in [1.29, 1.82) is 0 Å². The molecule has 2 aromatic heterocycles. The van der Waals surface area contributed by atoms with E-state index in [9.17, 15) is 4.79 Å². The second kappa shape index (κ2) is 11.0. The summed E-state index contributed by atoms with van der Waals surface area (Å²) in [7, 11) is 0. The Hall–Kier alpha value is -3.19. The van der Waals surface area contributed by atoms with Crippen LogP contribution < -0.4 is 10.2 Å². The number of nitrogens with one attached hydrogen (secondary N) is 1. The van der Waals surface area contributed by atoms with E-state index in [1.807, 2.05) is 10.6 Å². The highest BCUT2D eigenvalue weighted by molar-refractivity contribution is 5.58. The van der Waals surface area contributed by atoms with Gasteiger partial charge in [-0.1, -0.05) is 43.3 Å². The molecular weight excluding hydrogens is 438 g/mol. The molecule has 35 heavy (non-hydrogen) atoms. The van der Waals surface area contributed by atoms with Gasteiger partial charge in [-0.2, -0.15) is 9.61 Å². The number of amides is 1. The summed E-state index contributed by atoms with van der Waals surface area (Å²) in [4.78, 5) is 17.9. The number of aryl methyl sites for hydroxylation is 2. The third kappa shape index (κ3) is 5.73. The van der Waals surface area contributed by atoms with Gasteiger partial charge in [0.05, 0.1) is 24.4 Å². The number of aromatic nitrogens is 3. The molecule has 0 bridgehead atoms. The van der Waals surface area contributed by atoms with Gasteiger partial charge in [-0.05, 0) is 57.6 Å². The quantitative estimate of drug-likeness (QED) is 0.349. The molecule has 186 valence electrons. The number of fused-ring (bicyclic) bond motifs is 1. The molecule has 0 spiro atoms. The molecule has 0 unspecified atom stereocenters. The second-order valence-corrected chi connectivity index (χ2v) is 9.61. The van der Waals surface area contributed by atoms with Gasteiger partial charge in [0.15, 0.2) is 5.65 Å². The van der Waals surface area contributed by atoms with Crippen LogP contribution in [0.25, 0.3) is 5.65 Å². The molecule has 3 heterocycles. The molecule has 4 rings (SSSR count). The van der Waals surface area contributed by atoms with Crippen molar-refractivity contribution in [1.82, 2.24) is 19.9 Å². The minimum atomic E-state index is -0.139. The lowest BCUT2D eigenvalue weighted by Gasteiger charge is -2.40. The first kappa shape index (κ1) is 24.9. The monoisotopic (exact) mass is 475 g/mol. The first-order valence-electron chi connectivity index (χ1n) is 12.6. The molecule has 3 aromatic rings. The Labute approximate surface area is 208 Å². The van der Waals surface area contributed by atoms with Crippen molar-refractivity contribution in [3.8, 4) is 0 Å². The number of rotatable bonds is 10. The van der Waals surface area contributed by atoms with Gasteiger partial charge in [0.25, 0.3) is 0 Å². The van der Waals surface area contributed by atoms with Crippen molar-refractivity contribution >= 4 is 17.9 Å². The summed E-state index contributed by atoms with van der Waals surface area (Å²) in [5.74, 6) is 1.12. The summed E-state index contributed by atoms with van der Waals surface area (Å²) >= 11 is 0. The van der Waals surface area contributed by atoms with Crippen molar-refractivity contribution in [2.24, 2.45) is 0 Å². The molecule has 1 aliphatic heterocycles. The third-order valence-corrected chi connectivity index (χ3v) is 7.07. The average molecular weight is 476 g/mol. The Kier molecular flexibility index (Phi) is 7.86. The molecule has 0 radical (unpaired) electrons. The molecule has 7 nitrogen and oxygen atoms in total. The van der Waals surface area contributed by atoms with Crippen LogP contribution in [0.15, 0.2) is 42.5 Å². The van der Waals surface area contributed by atoms with E-state index in [0.29, 0.717) is 19.6 Å². The Morgan fingerprint density at radius 3 is 2.66 bits per heavy atom. The van der Waals surface area contributed by atoms with E-state index in [4.69, 9.17) is 14.8 Å². The van der Waals surface area contributed by atoms with Gasteiger partial charge in [0.1, 0.15) is 5.82 Å². The molecule has 0 aliphatic carbocycles. The van der Waals surface area contributed by atoms with Crippen molar-refractivity contribution in [2.75, 3.05) is 24.6 Å². The second-order valence-electron chi connectivity index (χ2n) is 9.61. The topological polar surface area (TPSA) is 71.8 Å². The summed E-state index contributed by atoms with van der Waals surface area (Å²) in [6.45, 7) is 11.4. The molecule has 1 fully saturated rings. The third-order valence-electron chi connectivity index (χ3n) is 7.07. The number of nitrogens with zero attached hydrogens (tertiary/aromatic N) is 4. The van der Waals surface area contributed by atoms with E-state index in [1.165, 1.54) is 16.7 Å². The predicted octanol–water partition coefficient (Wildman–Crippen LogP) is 4.33. The number of hydrogen-bond acceptors (Lipinski definition) is 5. The number of carbonyl (C=O) groups is 1. The van der Waals surface area contributed by atoms with Gasteiger partial charge in [-0.15, -0.1) is 0 Å². The number of piperidine rings is 1. The number of allylic oxidation sites excluding steroid dienone is 1. The Morgan fingerprint density at radius 2 is 1.94 bits per heavy atom. The van der Waals surface area contributed by atoms with Crippen molar-refractivity contribution in [2.45, 2.75) is 65.5 Å². The van der Waals surface area contributed by atoms with Crippen molar-refractivity contribution in [3.63, 3.8) is 0 Å². The van der Waals surface area contributed by atoms with Crippen molar-refractivity contribution < 1.29 is 9.53 Å². The van der Waals surface area contributed by atoms with Gasteiger partial charge in [-0.3, -0.25) is 4.79 Å². The molecule has 1 saturated heterocycles. The van der Waals surface area contributed by atoms with Gasteiger partial charge >= 0.3 is 0 Å². The van der Waals surface area contributed by atoms with Gasteiger partial charge in [0.2, 0.25) is 6.41 Å². The normalized spacial score (nSPS) is 15.7. The highest BCUT2D eigenvalue weighted by Gasteiger charge is 2.32. The lowest BCUT2D eigenvalue weighted by Crippen LogP contribution is -2.45. The zero-order valence-electron chi connectivity index (χ0n) is 21.4. The van der Waals surface area contributed by atoms with Gasteiger partial charge < -0.3 is 15.0 Å². The fourth-order valence-corrected chi connectivity index (χ4v) is 4.86. The van der Waals surface area contributed by atoms with Crippen LogP contribution in [-0.2, 0) is 28.9 Å². The van der Waals surface area contributed by atoms with Crippen LogP contribution in [0, 0.1) is 13.8 Å². The molecule has 1 amide bonds. The highest BCUT2D eigenvalue weighted by atomic mass is 16.5. The smallest absolute Gasteiger partial charge is 0.207 e. The lowest BCUT2D eigenvalue weighted by atomic mass is 9.93. The van der Waals surface area contributed by atoms with E-state index in [2.05, 4.69) is 74.3 Å². The maximum absolute atomic E-state index is 10.7. The predicted molar refractivity (Wildman–Crippen MR) is 140 cm³/mol.